The van der Waals surface area contributed by atoms with Gasteiger partial charge in [-0.1, -0.05) is 37.0 Å². The van der Waals surface area contributed by atoms with Gasteiger partial charge in [0.1, 0.15) is 0 Å². The fourth-order valence-corrected chi connectivity index (χ4v) is 3.26. The monoisotopic (exact) mass is 366 g/mol. The number of nitrogens with one attached hydrogen (secondary N) is 1. The Labute approximate surface area is 141 Å². The number of anilines is 1. The van der Waals surface area contributed by atoms with Crippen LogP contribution in [0.15, 0.2) is 18.2 Å². The van der Waals surface area contributed by atoms with Gasteiger partial charge < -0.3 is 5.32 Å². The smallest absolute Gasteiger partial charge is 0.232 e. The third-order valence-electron chi connectivity index (χ3n) is 2.83. The van der Waals surface area contributed by atoms with Crippen LogP contribution in [-0.2, 0) is 14.8 Å². The molecule has 1 aromatic carbocycles. The lowest BCUT2D eigenvalue weighted by Gasteiger charge is -2.23. The average molecular weight is 367 g/mol. The standard InChI is InChI=1S/C14H20Cl2N2O3S/c1-10(2)9-17-14(19)6-7-18(22(3,20)21)13-5-4-11(15)8-12(13)16/h4-5,8,10H,6-7,9H2,1-3H3,(H,17,19). The summed E-state index contributed by atoms with van der Waals surface area (Å²) in [5.41, 5.74) is 0.310. The second kappa shape index (κ2) is 8.04. The molecule has 8 heteroatoms. The first-order valence-corrected chi connectivity index (χ1v) is 9.41. The summed E-state index contributed by atoms with van der Waals surface area (Å²) in [6.07, 6.45) is 1.13. The molecule has 0 bridgehead atoms. The highest BCUT2D eigenvalue weighted by Crippen LogP contribution is 2.30. The molecule has 0 aromatic heterocycles. The van der Waals surface area contributed by atoms with Gasteiger partial charge in [-0.05, 0) is 24.1 Å². The Morgan fingerprint density at radius 3 is 2.45 bits per heavy atom. The number of nitrogens with zero attached hydrogens (tertiary/aromatic N) is 1. The predicted octanol–water partition coefficient (Wildman–Crippen LogP) is 2.92. The Kier molecular flexibility index (Phi) is 6.97. The molecule has 0 aliphatic carbocycles. The van der Waals surface area contributed by atoms with Crippen molar-refractivity contribution in [3.63, 3.8) is 0 Å². The van der Waals surface area contributed by atoms with Crippen molar-refractivity contribution in [3.8, 4) is 0 Å². The average Bonchev–Trinajstić information content (AvgIpc) is 2.37. The predicted molar refractivity (Wildman–Crippen MR) is 91.1 cm³/mol. The number of benzene rings is 1. The van der Waals surface area contributed by atoms with Gasteiger partial charge >= 0.3 is 0 Å². The first-order chi connectivity index (χ1) is 10.1. The molecular weight excluding hydrogens is 347 g/mol. The zero-order valence-corrected chi connectivity index (χ0v) is 15.1. The van der Waals surface area contributed by atoms with Crippen LogP contribution in [0.2, 0.25) is 10.0 Å². The zero-order chi connectivity index (χ0) is 16.9. The van der Waals surface area contributed by atoms with Gasteiger partial charge in [0.2, 0.25) is 15.9 Å². The van der Waals surface area contributed by atoms with E-state index in [-0.39, 0.29) is 23.9 Å². The maximum absolute atomic E-state index is 12.0. The van der Waals surface area contributed by atoms with Gasteiger partial charge in [-0.2, -0.15) is 0 Å². The Balaban J connectivity index is 2.85. The lowest BCUT2D eigenvalue weighted by Crippen LogP contribution is -2.35. The van der Waals surface area contributed by atoms with Gasteiger partial charge in [0, 0.05) is 24.5 Å². The van der Waals surface area contributed by atoms with Crippen LogP contribution in [0.1, 0.15) is 20.3 Å². The van der Waals surface area contributed by atoms with Crippen molar-refractivity contribution in [1.29, 1.82) is 0 Å². The van der Waals surface area contributed by atoms with Crippen LogP contribution in [0, 0.1) is 5.92 Å². The Morgan fingerprint density at radius 1 is 1.32 bits per heavy atom. The minimum absolute atomic E-state index is 0.0180. The van der Waals surface area contributed by atoms with Crippen molar-refractivity contribution in [3.05, 3.63) is 28.2 Å². The molecule has 1 rings (SSSR count). The number of amides is 1. The lowest BCUT2D eigenvalue weighted by atomic mass is 10.2. The number of hydrogen-bond donors (Lipinski definition) is 1. The van der Waals surface area contributed by atoms with E-state index >= 15 is 0 Å². The minimum Gasteiger partial charge on any atom is -0.356 e. The van der Waals surface area contributed by atoms with Crippen molar-refractivity contribution < 1.29 is 13.2 Å². The molecular formula is C14H20Cl2N2O3S. The van der Waals surface area contributed by atoms with E-state index in [1.807, 2.05) is 13.8 Å². The molecule has 1 N–H and O–H groups in total. The highest BCUT2D eigenvalue weighted by Gasteiger charge is 2.21. The molecule has 0 aliphatic rings. The molecule has 0 aliphatic heterocycles. The van der Waals surface area contributed by atoms with E-state index in [4.69, 9.17) is 23.2 Å². The Bertz CT molecular complexity index is 633. The molecule has 1 amide bonds. The van der Waals surface area contributed by atoms with Crippen molar-refractivity contribution in [2.24, 2.45) is 5.92 Å². The van der Waals surface area contributed by atoms with Crippen molar-refractivity contribution >= 4 is 44.8 Å². The molecule has 0 radical (unpaired) electrons. The summed E-state index contributed by atoms with van der Waals surface area (Å²) in [5, 5.41) is 3.39. The van der Waals surface area contributed by atoms with Crippen molar-refractivity contribution in [2.45, 2.75) is 20.3 Å². The first-order valence-electron chi connectivity index (χ1n) is 6.80. The summed E-state index contributed by atoms with van der Waals surface area (Å²) >= 11 is 11.9. The van der Waals surface area contributed by atoms with Crippen molar-refractivity contribution in [1.82, 2.24) is 5.32 Å². The second-order valence-electron chi connectivity index (χ2n) is 5.38. The van der Waals surface area contributed by atoms with E-state index in [0.717, 1.165) is 10.6 Å². The number of carbonyl (C=O) groups is 1. The number of sulfonamides is 1. The molecule has 124 valence electrons. The van der Waals surface area contributed by atoms with Crippen molar-refractivity contribution in [2.75, 3.05) is 23.7 Å². The van der Waals surface area contributed by atoms with Gasteiger partial charge in [-0.25, -0.2) is 8.42 Å². The number of carbonyl (C=O) groups excluding carboxylic acids is 1. The summed E-state index contributed by atoms with van der Waals surface area (Å²) < 4.78 is 25.0. The summed E-state index contributed by atoms with van der Waals surface area (Å²) in [7, 11) is -3.55. The molecule has 0 saturated heterocycles. The molecule has 0 heterocycles. The quantitative estimate of drug-likeness (QED) is 0.806. The SMILES string of the molecule is CC(C)CNC(=O)CCN(c1ccc(Cl)cc1Cl)S(C)(=O)=O. The van der Waals surface area contributed by atoms with Crippen LogP contribution < -0.4 is 9.62 Å². The molecule has 0 saturated carbocycles. The van der Waals surface area contributed by atoms with E-state index < -0.39 is 10.0 Å². The van der Waals surface area contributed by atoms with E-state index in [1.165, 1.54) is 12.1 Å². The van der Waals surface area contributed by atoms with Crippen LogP contribution >= 0.6 is 23.2 Å². The van der Waals surface area contributed by atoms with E-state index in [0.29, 0.717) is 23.2 Å². The number of rotatable bonds is 7. The molecule has 22 heavy (non-hydrogen) atoms. The highest BCUT2D eigenvalue weighted by molar-refractivity contribution is 7.92. The molecule has 0 fully saturated rings. The van der Waals surface area contributed by atoms with Gasteiger partial charge in [0.15, 0.2) is 0 Å². The molecule has 0 unspecified atom stereocenters. The zero-order valence-electron chi connectivity index (χ0n) is 12.8. The lowest BCUT2D eigenvalue weighted by molar-refractivity contribution is -0.121. The fraction of sp³-hybridized carbons (Fsp3) is 0.500. The normalized spacial score (nSPS) is 11.5. The number of hydrogen-bond acceptors (Lipinski definition) is 3. The topological polar surface area (TPSA) is 66.5 Å². The Morgan fingerprint density at radius 2 is 1.95 bits per heavy atom. The summed E-state index contributed by atoms with van der Waals surface area (Å²) in [5.74, 6) is 0.133. The number of halogens is 2. The van der Waals surface area contributed by atoms with Crippen LogP contribution in [0.4, 0.5) is 5.69 Å². The summed E-state index contributed by atoms with van der Waals surface area (Å²) in [6.45, 7) is 4.54. The fourth-order valence-electron chi connectivity index (χ4n) is 1.76. The van der Waals surface area contributed by atoms with Gasteiger partial charge in [0.05, 0.1) is 17.0 Å². The molecule has 5 nitrogen and oxygen atoms in total. The maximum Gasteiger partial charge on any atom is 0.232 e. The van der Waals surface area contributed by atoms with Gasteiger partial charge in [-0.3, -0.25) is 9.10 Å². The molecule has 0 spiro atoms. The third-order valence-corrected chi connectivity index (χ3v) is 4.55. The summed E-state index contributed by atoms with van der Waals surface area (Å²) in [6, 6.07) is 4.55. The Hall–Kier alpha value is -0.980. The van der Waals surface area contributed by atoms with Crippen LogP contribution in [-0.4, -0.2) is 33.7 Å². The van der Waals surface area contributed by atoms with Gasteiger partial charge in [-0.15, -0.1) is 0 Å². The van der Waals surface area contributed by atoms with E-state index in [9.17, 15) is 13.2 Å². The third kappa shape index (κ3) is 6.02. The highest BCUT2D eigenvalue weighted by atomic mass is 35.5. The molecule has 0 atom stereocenters. The van der Waals surface area contributed by atoms with Crippen LogP contribution in [0.25, 0.3) is 0 Å². The second-order valence-corrected chi connectivity index (χ2v) is 8.13. The van der Waals surface area contributed by atoms with E-state index in [2.05, 4.69) is 5.32 Å². The van der Waals surface area contributed by atoms with Crippen LogP contribution in [0.3, 0.4) is 0 Å². The van der Waals surface area contributed by atoms with Crippen LogP contribution in [0.5, 0.6) is 0 Å². The minimum atomic E-state index is -3.55. The van der Waals surface area contributed by atoms with E-state index in [1.54, 1.807) is 6.07 Å². The van der Waals surface area contributed by atoms with Gasteiger partial charge in [0.25, 0.3) is 0 Å². The maximum atomic E-state index is 12.0. The summed E-state index contributed by atoms with van der Waals surface area (Å²) in [4.78, 5) is 11.8. The first kappa shape index (κ1) is 19.1. The largest absolute Gasteiger partial charge is 0.356 e. The molecule has 1 aromatic rings.